The Hall–Kier alpha value is -4.90. The summed E-state index contributed by atoms with van der Waals surface area (Å²) in [5, 5.41) is 13.0. The van der Waals surface area contributed by atoms with Crippen molar-refractivity contribution in [1.29, 1.82) is 0 Å². The molecule has 2 fully saturated rings. The van der Waals surface area contributed by atoms with Crippen LogP contribution in [0.2, 0.25) is 5.15 Å². The maximum absolute atomic E-state index is 13.5. The Labute approximate surface area is 315 Å². The maximum Gasteiger partial charge on any atom is 0.407 e. The van der Waals surface area contributed by atoms with Crippen molar-refractivity contribution in [3.05, 3.63) is 83.6 Å². The van der Waals surface area contributed by atoms with Crippen molar-refractivity contribution in [1.82, 2.24) is 29.4 Å². The molecule has 4 aromatic rings. The van der Waals surface area contributed by atoms with Gasteiger partial charge in [0, 0.05) is 36.6 Å². The Kier molecular flexibility index (Phi) is 10.8. The van der Waals surface area contributed by atoms with Crippen LogP contribution in [0.5, 0.6) is 5.88 Å². The monoisotopic (exact) mass is 789 g/mol. The Morgan fingerprint density at radius 2 is 1.80 bits per heavy atom. The lowest BCUT2D eigenvalue weighted by Crippen LogP contribution is -2.41. The van der Waals surface area contributed by atoms with Gasteiger partial charge in [0.15, 0.2) is 10.8 Å². The fourth-order valence-corrected chi connectivity index (χ4v) is 7.95. The molecule has 0 spiro atoms. The van der Waals surface area contributed by atoms with E-state index in [-0.39, 0.29) is 54.2 Å². The molecule has 1 aliphatic heterocycles. The second kappa shape index (κ2) is 15.1. The fraction of sp³-hybridized carbons (Fsp3) is 0.417. The number of carbonyl (C=O) groups excluding carboxylic acids is 1. The smallest absolute Gasteiger partial charge is 0.407 e. The molecule has 0 radical (unpaired) electrons. The lowest BCUT2D eigenvalue weighted by atomic mass is 9.93. The third kappa shape index (κ3) is 8.57. The molecule has 2 amide bonds. The molecule has 1 saturated heterocycles. The van der Waals surface area contributed by atoms with Crippen LogP contribution in [0.4, 0.5) is 29.5 Å². The van der Waals surface area contributed by atoms with Gasteiger partial charge in [-0.25, -0.2) is 24.2 Å². The topological polar surface area (TPSA) is 160 Å². The van der Waals surface area contributed by atoms with Crippen LogP contribution in [-0.4, -0.2) is 81.6 Å². The van der Waals surface area contributed by atoms with E-state index in [1.807, 2.05) is 53.8 Å². The molecule has 3 aromatic heterocycles. The highest BCUT2D eigenvalue weighted by Gasteiger charge is 2.62. The molecule has 0 unspecified atom stereocenters. The number of para-hydroxylation sites is 1. The zero-order valence-electron chi connectivity index (χ0n) is 29.5. The summed E-state index contributed by atoms with van der Waals surface area (Å²) in [6, 6.07) is 17.8. The highest BCUT2D eigenvalue weighted by Crippen LogP contribution is 2.59. The molecule has 6 rings (SSSR count). The predicted molar refractivity (Wildman–Crippen MR) is 193 cm³/mol. The second-order valence-electron chi connectivity index (χ2n) is 14.2. The third-order valence-corrected chi connectivity index (χ3v) is 11.4. The van der Waals surface area contributed by atoms with Gasteiger partial charge in [-0.3, -0.25) is 4.79 Å². The van der Waals surface area contributed by atoms with Gasteiger partial charge in [-0.1, -0.05) is 35.9 Å². The number of carboxylic acid groups (broad SMARTS) is 1. The SMILES string of the molecule is CC1(C)C[C@H](CCCN(c2ccccc2)c2cccc(S(=O)(=O)NC(=O)c3ccc(-n4ccc(OCCC5(C(F)(F)F)CC5)n4)nc3Cl)n2)CN1C(=O)O. The number of likely N-dealkylation sites (tertiary alicyclic amines) is 1. The third-order valence-electron chi connectivity index (χ3n) is 9.90. The van der Waals surface area contributed by atoms with Crippen LogP contribution in [0.25, 0.3) is 5.82 Å². The van der Waals surface area contributed by atoms with Crippen LogP contribution in [0, 0.1) is 11.3 Å². The second-order valence-corrected chi connectivity index (χ2v) is 16.1. The fourth-order valence-electron chi connectivity index (χ4n) is 6.78. The van der Waals surface area contributed by atoms with E-state index in [9.17, 15) is 36.3 Å². The molecular formula is C36H39ClF3N7O6S. The van der Waals surface area contributed by atoms with Crippen molar-refractivity contribution in [2.75, 3.05) is 24.6 Å². The molecule has 2 aliphatic rings. The van der Waals surface area contributed by atoms with Gasteiger partial charge < -0.3 is 19.6 Å². The number of nitrogens with one attached hydrogen (secondary N) is 1. The Morgan fingerprint density at radius 3 is 2.44 bits per heavy atom. The molecule has 13 nitrogen and oxygen atoms in total. The van der Waals surface area contributed by atoms with Gasteiger partial charge in [0.2, 0.25) is 5.88 Å². The van der Waals surface area contributed by atoms with Gasteiger partial charge in [0.1, 0.15) is 11.0 Å². The number of benzene rings is 1. The lowest BCUT2D eigenvalue weighted by molar-refractivity contribution is -0.190. The normalized spacial score (nSPS) is 17.6. The quantitative estimate of drug-likeness (QED) is 0.125. The maximum atomic E-state index is 13.5. The van der Waals surface area contributed by atoms with Gasteiger partial charge in [0.05, 0.1) is 17.6 Å². The standard InChI is InChI=1S/C36H39ClF3N7O6S/c1-34(2)22-24(23-46(34)33(49)50)8-7-19-45(25-9-4-3-5-10-25)27-11-6-12-30(41-27)54(51,52)44-32(48)26-13-14-28(42-31(26)37)47-20-15-29(43-47)53-21-18-35(16-17-35)36(38,39)40/h3-6,9-15,20,24H,7-8,16-19,21-23H2,1-2H3,(H,44,48)(H,49,50)/t24-/m0/s1. The van der Waals surface area contributed by atoms with E-state index < -0.39 is 44.2 Å². The average Bonchev–Trinajstić information content (AvgIpc) is 3.66. The zero-order valence-corrected chi connectivity index (χ0v) is 31.0. The van der Waals surface area contributed by atoms with Crippen molar-refractivity contribution in [2.24, 2.45) is 11.3 Å². The number of aromatic nitrogens is 4. The molecule has 1 aliphatic carbocycles. The van der Waals surface area contributed by atoms with E-state index >= 15 is 0 Å². The zero-order chi connectivity index (χ0) is 38.9. The number of ether oxygens (including phenoxy) is 1. The van der Waals surface area contributed by atoms with Crippen LogP contribution in [0.3, 0.4) is 0 Å². The molecule has 2 N–H and O–H groups in total. The molecule has 0 bridgehead atoms. The average molecular weight is 790 g/mol. The van der Waals surface area contributed by atoms with E-state index in [0.29, 0.717) is 25.3 Å². The summed E-state index contributed by atoms with van der Waals surface area (Å²) in [6.07, 6.45) is -1.64. The molecule has 1 atom stereocenters. The number of amides is 2. The Bertz CT molecular complexity index is 2110. The first kappa shape index (κ1) is 38.8. The number of hydrogen-bond acceptors (Lipinski definition) is 9. The van der Waals surface area contributed by atoms with E-state index in [4.69, 9.17) is 16.3 Å². The Balaban J connectivity index is 1.10. The molecular weight excluding hydrogens is 751 g/mol. The number of nitrogens with zero attached hydrogens (tertiary/aromatic N) is 6. The minimum Gasteiger partial charge on any atom is -0.477 e. The number of rotatable bonds is 14. The summed E-state index contributed by atoms with van der Waals surface area (Å²) in [5.41, 5.74) is -1.63. The summed E-state index contributed by atoms with van der Waals surface area (Å²) in [7, 11) is -4.50. The number of anilines is 2. The summed E-state index contributed by atoms with van der Waals surface area (Å²) >= 11 is 6.31. The molecule has 288 valence electrons. The molecule has 1 aromatic carbocycles. The van der Waals surface area contributed by atoms with Crippen LogP contribution in [0.1, 0.15) is 62.7 Å². The minimum absolute atomic E-state index is 0.0734. The minimum atomic E-state index is -4.50. The highest BCUT2D eigenvalue weighted by atomic mass is 35.5. The molecule has 1 saturated carbocycles. The molecule has 18 heteroatoms. The number of carbonyl (C=O) groups is 2. The van der Waals surface area contributed by atoms with Crippen LogP contribution >= 0.6 is 11.6 Å². The number of halogens is 4. The summed E-state index contributed by atoms with van der Waals surface area (Å²) < 4.78 is 75.2. The van der Waals surface area contributed by atoms with Crippen molar-refractivity contribution in [2.45, 2.75) is 69.1 Å². The van der Waals surface area contributed by atoms with Gasteiger partial charge in [-0.2, -0.15) is 21.6 Å². The lowest BCUT2D eigenvalue weighted by Gasteiger charge is -2.28. The number of hydrogen-bond donors (Lipinski definition) is 2. The number of sulfonamides is 1. The van der Waals surface area contributed by atoms with E-state index in [2.05, 4.69) is 15.1 Å². The van der Waals surface area contributed by atoms with E-state index in [1.165, 1.54) is 46.1 Å². The van der Waals surface area contributed by atoms with Crippen LogP contribution in [-0.2, 0) is 10.0 Å². The van der Waals surface area contributed by atoms with Crippen molar-refractivity contribution >= 4 is 45.1 Å². The van der Waals surface area contributed by atoms with E-state index in [1.54, 1.807) is 6.07 Å². The highest BCUT2D eigenvalue weighted by molar-refractivity contribution is 7.90. The summed E-state index contributed by atoms with van der Waals surface area (Å²) in [4.78, 5) is 36.8. The van der Waals surface area contributed by atoms with E-state index in [0.717, 1.165) is 18.5 Å². The summed E-state index contributed by atoms with van der Waals surface area (Å²) in [5.74, 6) is -0.332. The molecule has 4 heterocycles. The first-order valence-corrected chi connectivity index (χ1v) is 19.1. The van der Waals surface area contributed by atoms with Crippen molar-refractivity contribution in [3.63, 3.8) is 0 Å². The van der Waals surface area contributed by atoms with Crippen LogP contribution < -0.4 is 14.4 Å². The predicted octanol–water partition coefficient (Wildman–Crippen LogP) is 7.24. The van der Waals surface area contributed by atoms with Gasteiger partial charge in [0.25, 0.3) is 15.9 Å². The molecule has 54 heavy (non-hydrogen) atoms. The van der Waals surface area contributed by atoms with Crippen molar-refractivity contribution in [3.8, 4) is 11.7 Å². The van der Waals surface area contributed by atoms with Crippen molar-refractivity contribution < 1.29 is 41.0 Å². The first-order valence-electron chi connectivity index (χ1n) is 17.3. The van der Waals surface area contributed by atoms with Gasteiger partial charge in [-0.05, 0) is 94.7 Å². The largest absolute Gasteiger partial charge is 0.477 e. The first-order chi connectivity index (χ1) is 25.5. The number of pyridine rings is 2. The van der Waals surface area contributed by atoms with Gasteiger partial charge in [-0.15, -0.1) is 5.10 Å². The van der Waals surface area contributed by atoms with Gasteiger partial charge >= 0.3 is 12.3 Å². The Morgan fingerprint density at radius 1 is 1.06 bits per heavy atom. The summed E-state index contributed by atoms with van der Waals surface area (Å²) in [6.45, 7) is 4.57. The van der Waals surface area contributed by atoms with Crippen LogP contribution in [0.15, 0.2) is 78.0 Å². The number of alkyl halides is 3.